The fraction of sp³-hybridized carbons (Fsp3) is 0.250. The molecule has 0 saturated carbocycles. The van der Waals surface area contributed by atoms with Crippen molar-refractivity contribution in [3.05, 3.63) is 30.1 Å². The number of benzene rings is 1. The van der Waals surface area contributed by atoms with Crippen LogP contribution in [0.3, 0.4) is 0 Å². The molecule has 16 heavy (non-hydrogen) atoms. The number of hydrogen-bond acceptors (Lipinski definition) is 2. The zero-order chi connectivity index (χ0) is 12.0. The van der Waals surface area contributed by atoms with Crippen molar-refractivity contribution in [1.82, 2.24) is 5.32 Å². The fourth-order valence-corrected chi connectivity index (χ4v) is 1.98. The van der Waals surface area contributed by atoms with Gasteiger partial charge in [-0.05, 0) is 19.1 Å². The fourth-order valence-electron chi connectivity index (χ4n) is 1.07. The van der Waals surface area contributed by atoms with E-state index in [1.54, 1.807) is 25.1 Å². The Morgan fingerprint density at radius 2 is 2.31 bits per heavy atom. The molecular formula is C12H12FNOS. The van der Waals surface area contributed by atoms with E-state index in [9.17, 15) is 9.18 Å². The lowest BCUT2D eigenvalue weighted by atomic mass is 10.3. The van der Waals surface area contributed by atoms with Crippen LogP contribution in [0.4, 0.5) is 4.39 Å². The summed E-state index contributed by atoms with van der Waals surface area (Å²) >= 11 is 1.17. The maximum absolute atomic E-state index is 13.3. The van der Waals surface area contributed by atoms with Gasteiger partial charge in [0.15, 0.2) is 0 Å². The van der Waals surface area contributed by atoms with Crippen molar-refractivity contribution in [1.29, 1.82) is 0 Å². The van der Waals surface area contributed by atoms with Crippen molar-refractivity contribution < 1.29 is 9.18 Å². The van der Waals surface area contributed by atoms with E-state index in [2.05, 4.69) is 11.2 Å². The summed E-state index contributed by atoms with van der Waals surface area (Å²) in [6.45, 7) is 1.91. The van der Waals surface area contributed by atoms with E-state index in [-0.39, 0.29) is 23.5 Å². The minimum Gasteiger partial charge on any atom is -0.344 e. The van der Waals surface area contributed by atoms with Gasteiger partial charge in [0.1, 0.15) is 5.82 Å². The zero-order valence-electron chi connectivity index (χ0n) is 8.87. The second kappa shape index (κ2) is 6.19. The Bertz CT molecular complexity index is 414. The van der Waals surface area contributed by atoms with Crippen LogP contribution in [-0.4, -0.2) is 17.7 Å². The third kappa shape index (κ3) is 3.59. The van der Waals surface area contributed by atoms with E-state index in [0.717, 1.165) is 0 Å². The smallest absolute Gasteiger partial charge is 0.233 e. The summed E-state index contributed by atoms with van der Waals surface area (Å²) in [5.41, 5.74) is 0. The van der Waals surface area contributed by atoms with Crippen LogP contribution in [-0.2, 0) is 4.79 Å². The first kappa shape index (κ1) is 12.6. The lowest BCUT2D eigenvalue weighted by molar-refractivity contribution is -0.120. The van der Waals surface area contributed by atoms with Gasteiger partial charge in [-0.3, -0.25) is 4.79 Å². The Morgan fingerprint density at radius 3 is 2.94 bits per heavy atom. The molecule has 1 amide bonds. The van der Waals surface area contributed by atoms with Crippen molar-refractivity contribution in [2.24, 2.45) is 0 Å². The van der Waals surface area contributed by atoms with E-state index in [0.29, 0.717) is 4.90 Å². The van der Waals surface area contributed by atoms with Crippen LogP contribution in [0.2, 0.25) is 0 Å². The summed E-state index contributed by atoms with van der Waals surface area (Å²) in [6.07, 6.45) is 5.02. The van der Waals surface area contributed by atoms with Crippen LogP contribution in [0.1, 0.15) is 6.92 Å². The highest BCUT2D eigenvalue weighted by Crippen LogP contribution is 2.25. The molecule has 1 unspecified atom stereocenters. The van der Waals surface area contributed by atoms with Gasteiger partial charge < -0.3 is 5.32 Å². The molecule has 0 radical (unpaired) electrons. The van der Waals surface area contributed by atoms with Gasteiger partial charge in [0, 0.05) is 4.90 Å². The van der Waals surface area contributed by atoms with Crippen molar-refractivity contribution >= 4 is 17.7 Å². The summed E-state index contributed by atoms with van der Waals surface area (Å²) in [7, 11) is 0. The molecule has 4 heteroatoms. The van der Waals surface area contributed by atoms with Crippen molar-refractivity contribution in [3.63, 3.8) is 0 Å². The molecular weight excluding hydrogens is 225 g/mol. The second-order valence-corrected chi connectivity index (χ2v) is 4.50. The normalized spacial score (nSPS) is 11.6. The molecule has 1 rings (SSSR count). The molecule has 0 heterocycles. The van der Waals surface area contributed by atoms with Crippen molar-refractivity contribution in [3.8, 4) is 12.3 Å². The predicted octanol–water partition coefficient (Wildman–Crippen LogP) is 2.06. The van der Waals surface area contributed by atoms with E-state index in [1.165, 1.54) is 17.8 Å². The molecule has 0 saturated heterocycles. The third-order valence-corrected chi connectivity index (χ3v) is 3.03. The molecule has 1 aromatic rings. The van der Waals surface area contributed by atoms with Gasteiger partial charge in [-0.15, -0.1) is 18.2 Å². The van der Waals surface area contributed by atoms with Gasteiger partial charge in [-0.25, -0.2) is 4.39 Å². The molecule has 0 aliphatic rings. The number of thioether (sulfide) groups is 1. The average molecular weight is 237 g/mol. The summed E-state index contributed by atoms with van der Waals surface area (Å²) < 4.78 is 13.3. The molecule has 84 valence electrons. The summed E-state index contributed by atoms with van der Waals surface area (Å²) in [4.78, 5) is 11.9. The molecule has 0 aliphatic heterocycles. The number of carbonyl (C=O) groups is 1. The first-order chi connectivity index (χ1) is 7.65. The first-order valence-electron chi connectivity index (χ1n) is 4.77. The van der Waals surface area contributed by atoms with E-state index in [1.807, 2.05) is 0 Å². The average Bonchev–Trinajstić information content (AvgIpc) is 2.28. The highest BCUT2D eigenvalue weighted by molar-refractivity contribution is 8.00. The Labute approximate surface area is 98.6 Å². The van der Waals surface area contributed by atoms with Crippen LogP contribution in [0.5, 0.6) is 0 Å². The molecule has 0 aromatic heterocycles. The Morgan fingerprint density at radius 1 is 1.62 bits per heavy atom. The molecule has 1 atom stereocenters. The monoisotopic (exact) mass is 237 g/mol. The highest BCUT2D eigenvalue weighted by Gasteiger charge is 2.15. The Kier molecular flexibility index (Phi) is 4.87. The standard InChI is InChI=1S/C12H12FNOS/c1-3-8-14-12(15)9(2)16-11-7-5-4-6-10(11)13/h1,4-7,9H,8H2,2H3,(H,14,15). The Hall–Kier alpha value is -1.47. The molecule has 0 bridgehead atoms. The van der Waals surface area contributed by atoms with Crippen molar-refractivity contribution in [2.45, 2.75) is 17.1 Å². The van der Waals surface area contributed by atoms with Crippen LogP contribution in [0.15, 0.2) is 29.2 Å². The predicted molar refractivity (Wildman–Crippen MR) is 63.6 cm³/mol. The van der Waals surface area contributed by atoms with E-state index in [4.69, 9.17) is 6.42 Å². The Balaban J connectivity index is 2.58. The number of nitrogens with one attached hydrogen (secondary N) is 1. The lowest BCUT2D eigenvalue weighted by Crippen LogP contribution is -2.31. The van der Waals surface area contributed by atoms with Crippen LogP contribution < -0.4 is 5.32 Å². The molecule has 0 aliphatic carbocycles. The molecule has 1 aromatic carbocycles. The minimum absolute atomic E-state index is 0.189. The van der Waals surface area contributed by atoms with Gasteiger partial charge in [0.2, 0.25) is 5.91 Å². The summed E-state index contributed by atoms with van der Waals surface area (Å²) in [6, 6.07) is 6.36. The third-order valence-electron chi connectivity index (χ3n) is 1.87. The quantitative estimate of drug-likeness (QED) is 0.641. The second-order valence-electron chi connectivity index (χ2n) is 3.11. The summed E-state index contributed by atoms with van der Waals surface area (Å²) in [5.74, 6) is 1.81. The molecule has 0 spiro atoms. The van der Waals surface area contributed by atoms with Crippen molar-refractivity contribution in [2.75, 3.05) is 6.54 Å². The van der Waals surface area contributed by atoms with Gasteiger partial charge in [0.25, 0.3) is 0 Å². The highest BCUT2D eigenvalue weighted by atomic mass is 32.2. The number of carbonyl (C=O) groups excluding carboxylic acids is 1. The lowest BCUT2D eigenvalue weighted by Gasteiger charge is -2.10. The van der Waals surface area contributed by atoms with Gasteiger partial charge >= 0.3 is 0 Å². The largest absolute Gasteiger partial charge is 0.344 e. The van der Waals surface area contributed by atoms with Gasteiger partial charge in [-0.2, -0.15) is 0 Å². The maximum Gasteiger partial charge on any atom is 0.233 e. The zero-order valence-corrected chi connectivity index (χ0v) is 9.68. The number of terminal acetylenes is 1. The molecule has 1 N–H and O–H groups in total. The van der Waals surface area contributed by atoms with Gasteiger partial charge in [0.05, 0.1) is 11.8 Å². The van der Waals surface area contributed by atoms with Crippen LogP contribution in [0.25, 0.3) is 0 Å². The van der Waals surface area contributed by atoms with E-state index >= 15 is 0 Å². The topological polar surface area (TPSA) is 29.1 Å². The van der Waals surface area contributed by atoms with Crippen LogP contribution >= 0.6 is 11.8 Å². The van der Waals surface area contributed by atoms with Crippen LogP contribution in [0, 0.1) is 18.2 Å². The SMILES string of the molecule is C#CCNC(=O)C(C)Sc1ccccc1F. The number of amides is 1. The number of hydrogen-bond donors (Lipinski definition) is 1. The maximum atomic E-state index is 13.3. The molecule has 2 nitrogen and oxygen atoms in total. The van der Waals surface area contributed by atoms with Gasteiger partial charge in [-0.1, -0.05) is 18.1 Å². The molecule has 0 fully saturated rings. The number of rotatable bonds is 4. The number of halogens is 1. The minimum atomic E-state index is -0.370. The van der Waals surface area contributed by atoms with E-state index < -0.39 is 0 Å². The summed E-state index contributed by atoms with van der Waals surface area (Å²) in [5, 5.41) is 2.18. The first-order valence-corrected chi connectivity index (χ1v) is 5.65.